The highest BCUT2D eigenvalue weighted by Crippen LogP contribution is 2.47. The van der Waals surface area contributed by atoms with Gasteiger partial charge in [0.05, 0.1) is 13.2 Å². The van der Waals surface area contributed by atoms with Crippen LogP contribution < -0.4 is 0 Å². The molecule has 0 bridgehead atoms. The molecule has 0 aromatic heterocycles. The largest absolute Gasteiger partial charge is 0.472 e. The van der Waals surface area contributed by atoms with Crippen molar-refractivity contribution >= 4 is 13.8 Å². The first-order valence-corrected chi connectivity index (χ1v) is 26.7. The summed E-state index contributed by atoms with van der Waals surface area (Å²) in [5.74, 6) is -0.481. The molecule has 0 aliphatic heterocycles. The second-order valence-corrected chi connectivity index (χ2v) is 19.1. The molecule has 0 aromatic carbocycles. The molecular weight excluding hydrogens is 812 g/mol. The van der Waals surface area contributed by atoms with Crippen LogP contribution >= 0.6 is 7.82 Å². The van der Waals surface area contributed by atoms with Crippen molar-refractivity contribution < 1.29 is 58.3 Å². The third-order valence-corrected chi connectivity index (χ3v) is 12.8. The zero-order valence-electron chi connectivity index (χ0n) is 39.2. The smallest absolute Gasteiger partial charge is 0.457 e. The van der Waals surface area contributed by atoms with Crippen LogP contribution in [-0.2, 0) is 27.9 Å². The van der Waals surface area contributed by atoms with Crippen molar-refractivity contribution in [3.05, 3.63) is 24.3 Å². The van der Waals surface area contributed by atoms with Crippen LogP contribution in [0.1, 0.15) is 219 Å². The van der Waals surface area contributed by atoms with E-state index in [0.717, 1.165) is 57.8 Å². The normalized spacial score (nSPS) is 22.1. The lowest BCUT2D eigenvalue weighted by Crippen LogP contribution is -2.64. The summed E-state index contributed by atoms with van der Waals surface area (Å²) in [6.45, 7) is 4.26. The van der Waals surface area contributed by atoms with E-state index in [-0.39, 0.29) is 13.0 Å². The van der Waals surface area contributed by atoms with Gasteiger partial charge >= 0.3 is 13.8 Å². The molecule has 6 unspecified atom stereocenters. The third-order valence-electron chi connectivity index (χ3n) is 11.8. The maximum atomic E-state index is 12.8. The van der Waals surface area contributed by atoms with E-state index >= 15 is 0 Å². The number of carbonyl (C=O) groups excluding carboxylic acids is 1. The summed E-state index contributed by atoms with van der Waals surface area (Å²) >= 11 is 0. The Morgan fingerprint density at radius 3 is 1.27 bits per heavy atom. The second-order valence-electron chi connectivity index (χ2n) is 17.7. The Bertz CT molecular complexity index is 1120. The standard InChI is InChI=1S/C49H93O12P/c1-3-5-7-9-11-13-15-17-19-21-22-24-26-28-30-32-34-36-38-43(50)60-42(41-59-62(56,57)61-49-47(54)45(52)44(51)46(53)48(49)55)40-58-39-37-35-33-31-29-27-25-23-20-18-16-14-12-10-8-6-4-2/h19-21,23,42,44-49,51-55H,3-18,22,24-41H2,1-2H3,(H,56,57)/b21-19-,23-20-. The number of unbranched alkanes of at least 4 members (excludes halogenated alkanes) is 27. The second kappa shape index (κ2) is 40.1. The summed E-state index contributed by atoms with van der Waals surface area (Å²) in [4.78, 5) is 23.2. The van der Waals surface area contributed by atoms with Crippen LogP contribution in [0, 0.1) is 0 Å². The number of hydrogen-bond donors (Lipinski definition) is 6. The number of phosphoric ester groups is 1. The molecule has 62 heavy (non-hydrogen) atoms. The first-order chi connectivity index (χ1) is 30.0. The number of hydrogen-bond acceptors (Lipinski definition) is 11. The molecule has 1 aliphatic rings. The van der Waals surface area contributed by atoms with Crippen molar-refractivity contribution in [2.24, 2.45) is 0 Å². The summed E-state index contributed by atoms with van der Waals surface area (Å²) in [7, 11) is -5.02. The fourth-order valence-electron chi connectivity index (χ4n) is 7.76. The molecule has 366 valence electrons. The molecule has 6 N–H and O–H groups in total. The van der Waals surface area contributed by atoms with E-state index in [9.17, 15) is 39.8 Å². The Morgan fingerprint density at radius 1 is 0.500 bits per heavy atom. The van der Waals surface area contributed by atoms with E-state index in [4.69, 9.17) is 18.5 Å². The zero-order chi connectivity index (χ0) is 45.5. The summed E-state index contributed by atoms with van der Waals surface area (Å²) < 4.78 is 34.3. The molecule has 0 radical (unpaired) electrons. The van der Waals surface area contributed by atoms with E-state index in [2.05, 4.69) is 38.2 Å². The van der Waals surface area contributed by atoms with E-state index in [0.29, 0.717) is 13.0 Å². The number of allylic oxidation sites excluding steroid dienone is 4. The average Bonchev–Trinajstić information content (AvgIpc) is 3.26. The van der Waals surface area contributed by atoms with E-state index in [1.54, 1.807) is 0 Å². The van der Waals surface area contributed by atoms with Gasteiger partial charge in [0, 0.05) is 13.0 Å². The molecule has 1 aliphatic carbocycles. The quantitative estimate of drug-likeness (QED) is 0.0147. The number of aliphatic hydroxyl groups is 5. The van der Waals surface area contributed by atoms with Gasteiger partial charge in [-0.3, -0.25) is 13.8 Å². The van der Waals surface area contributed by atoms with Gasteiger partial charge in [0.1, 0.15) is 42.7 Å². The molecule has 6 atom stereocenters. The van der Waals surface area contributed by atoms with Gasteiger partial charge in [0.2, 0.25) is 0 Å². The number of carbonyl (C=O) groups is 1. The number of aliphatic hydroxyl groups excluding tert-OH is 5. The molecule has 1 saturated carbocycles. The van der Waals surface area contributed by atoms with Gasteiger partial charge in [0.25, 0.3) is 0 Å². The van der Waals surface area contributed by atoms with Crippen LogP contribution in [0.3, 0.4) is 0 Å². The lowest BCUT2D eigenvalue weighted by molar-refractivity contribution is -0.220. The summed E-state index contributed by atoms with van der Waals surface area (Å²) in [6, 6.07) is 0. The van der Waals surface area contributed by atoms with Gasteiger partial charge in [0.15, 0.2) is 0 Å². The topological polar surface area (TPSA) is 192 Å². The van der Waals surface area contributed by atoms with Gasteiger partial charge in [-0.15, -0.1) is 0 Å². The van der Waals surface area contributed by atoms with Gasteiger partial charge in [-0.25, -0.2) is 4.57 Å². The minimum Gasteiger partial charge on any atom is -0.457 e. The predicted octanol–water partition coefficient (Wildman–Crippen LogP) is 10.9. The fourth-order valence-corrected chi connectivity index (χ4v) is 8.73. The van der Waals surface area contributed by atoms with Gasteiger partial charge in [-0.05, 0) is 64.2 Å². The minimum absolute atomic E-state index is 0.0798. The first-order valence-electron chi connectivity index (χ1n) is 25.2. The van der Waals surface area contributed by atoms with Crippen molar-refractivity contribution in [2.45, 2.75) is 262 Å². The van der Waals surface area contributed by atoms with E-state index in [1.807, 2.05) is 0 Å². The van der Waals surface area contributed by atoms with E-state index < -0.39 is 63.1 Å². The Balaban J connectivity index is 2.36. The van der Waals surface area contributed by atoms with Crippen molar-refractivity contribution in [1.82, 2.24) is 0 Å². The molecule has 13 heteroatoms. The highest BCUT2D eigenvalue weighted by molar-refractivity contribution is 7.47. The van der Waals surface area contributed by atoms with Crippen molar-refractivity contribution in [3.8, 4) is 0 Å². The first kappa shape index (κ1) is 58.8. The maximum Gasteiger partial charge on any atom is 0.472 e. The number of phosphoric acid groups is 1. The summed E-state index contributed by atoms with van der Waals surface area (Å²) in [5, 5.41) is 50.3. The van der Waals surface area contributed by atoms with Crippen molar-refractivity contribution in [1.29, 1.82) is 0 Å². The molecule has 1 fully saturated rings. The van der Waals surface area contributed by atoms with E-state index in [1.165, 1.54) is 135 Å². The molecule has 0 saturated heterocycles. The zero-order valence-corrected chi connectivity index (χ0v) is 40.1. The lowest BCUT2D eigenvalue weighted by Gasteiger charge is -2.41. The monoisotopic (exact) mass is 905 g/mol. The Labute approximate surface area is 377 Å². The Hall–Kier alpha value is -1.18. The van der Waals surface area contributed by atoms with Crippen LogP contribution in [0.25, 0.3) is 0 Å². The van der Waals surface area contributed by atoms with Gasteiger partial charge < -0.3 is 39.9 Å². The number of ether oxygens (including phenoxy) is 2. The molecule has 1 rings (SSSR count). The Morgan fingerprint density at radius 2 is 0.855 bits per heavy atom. The average molecular weight is 905 g/mol. The summed E-state index contributed by atoms with van der Waals surface area (Å²) in [6.07, 6.45) is 33.8. The van der Waals surface area contributed by atoms with Gasteiger partial charge in [-0.2, -0.15) is 0 Å². The molecule has 12 nitrogen and oxygen atoms in total. The molecule has 0 spiro atoms. The summed E-state index contributed by atoms with van der Waals surface area (Å²) in [5.41, 5.74) is 0. The van der Waals surface area contributed by atoms with Crippen LogP contribution in [0.5, 0.6) is 0 Å². The molecule has 0 amide bonds. The van der Waals surface area contributed by atoms with Gasteiger partial charge in [-0.1, -0.05) is 173 Å². The number of rotatable bonds is 43. The highest BCUT2D eigenvalue weighted by Gasteiger charge is 2.51. The molecular formula is C49H93O12P. The maximum absolute atomic E-state index is 12.8. The Kier molecular flexibility index (Phi) is 38.1. The van der Waals surface area contributed by atoms with Crippen LogP contribution in [-0.4, -0.2) is 98.9 Å². The van der Waals surface area contributed by atoms with Crippen molar-refractivity contribution in [3.63, 3.8) is 0 Å². The molecule has 0 heterocycles. The SMILES string of the molecule is CCCCCCCCC/C=C\CCCCCCCCCC(=O)OC(COCCCCCCCC/C=C\CCCCCCCCC)COP(=O)(O)OC1C(O)C(O)C(O)C(O)C1O. The number of esters is 1. The van der Waals surface area contributed by atoms with Crippen LogP contribution in [0.15, 0.2) is 24.3 Å². The highest BCUT2D eigenvalue weighted by atomic mass is 31.2. The minimum atomic E-state index is -5.02. The lowest BCUT2D eigenvalue weighted by atomic mass is 9.85. The fraction of sp³-hybridized carbons (Fsp3) is 0.898. The third kappa shape index (κ3) is 31.7. The predicted molar refractivity (Wildman–Crippen MR) is 249 cm³/mol. The molecule has 0 aromatic rings. The van der Waals surface area contributed by atoms with Crippen LogP contribution in [0.4, 0.5) is 0 Å². The van der Waals surface area contributed by atoms with Crippen molar-refractivity contribution in [2.75, 3.05) is 19.8 Å². The van der Waals surface area contributed by atoms with Crippen LogP contribution in [0.2, 0.25) is 0 Å².